The van der Waals surface area contributed by atoms with Crippen LogP contribution in [0, 0.1) is 5.92 Å². The van der Waals surface area contributed by atoms with Crippen molar-refractivity contribution in [2.24, 2.45) is 5.92 Å². The third-order valence-corrected chi connectivity index (χ3v) is 4.18. The fourth-order valence-corrected chi connectivity index (χ4v) is 3.04. The van der Waals surface area contributed by atoms with E-state index in [2.05, 4.69) is 23.4 Å². The molecule has 1 unspecified atom stereocenters. The van der Waals surface area contributed by atoms with Crippen LogP contribution in [0.4, 0.5) is 0 Å². The van der Waals surface area contributed by atoms with Gasteiger partial charge in [-0.3, -0.25) is 9.78 Å². The summed E-state index contributed by atoms with van der Waals surface area (Å²) in [6.07, 6.45) is 5.56. The Hall–Kier alpha value is -1.07. The number of hydrogen-bond donors (Lipinski definition) is 0. The minimum absolute atomic E-state index is 0.242. The first-order valence-corrected chi connectivity index (χ1v) is 8.31. The van der Waals surface area contributed by atoms with Crippen LogP contribution >= 0.6 is 11.8 Å². The smallest absolute Gasteiger partial charge is 0.223 e. The van der Waals surface area contributed by atoms with Crippen molar-refractivity contribution in [1.29, 1.82) is 0 Å². The van der Waals surface area contributed by atoms with Gasteiger partial charge in [0, 0.05) is 44.3 Å². The number of likely N-dealkylation sites (tertiary alicyclic amines) is 1. The molecule has 4 nitrogen and oxygen atoms in total. The van der Waals surface area contributed by atoms with Crippen LogP contribution in [0.5, 0.6) is 0 Å². The molecule has 0 aliphatic carbocycles. The fraction of sp³-hybridized carbons (Fsp3) is 0.600. The highest BCUT2D eigenvalue weighted by Gasteiger charge is 2.29. The zero-order valence-electron chi connectivity index (χ0n) is 12.2. The zero-order valence-corrected chi connectivity index (χ0v) is 13.0. The number of thioether (sulfide) groups is 1. The molecule has 0 bridgehead atoms. The van der Waals surface area contributed by atoms with Crippen LogP contribution in [0.25, 0.3) is 0 Å². The van der Waals surface area contributed by atoms with Crippen LogP contribution in [-0.2, 0) is 21.7 Å². The fourth-order valence-electron chi connectivity index (χ4n) is 2.53. The summed E-state index contributed by atoms with van der Waals surface area (Å²) >= 11 is 1.80. The SMILES string of the molecule is COCCN1CC(Cc2ccc(CSC)cn2)CC1=O. The quantitative estimate of drug-likeness (QED) is 0.771. The maximum absolute atomic E-state index is 11.9. The van der Waals surface area contributed by atoms with Crippen molar-refractivity contribution >= 4 is 17.7 Å². The zero-order chi connectivity index (χ0) is 14.4. The van der Waals surface area contributed by atoms with E-state index in [1.54, 1.807) is 18.9 Å². The highest BCUT2D eigenvalue weighted by atomic mass is 32.2. The van der Waals surface area contributed by atoms with Gasteiger partial charge in [-0.1, -0.05) is 6.07 Å². The Kier molecular flexibility index (Phi) is 5.86. The molecule has 1 saturated heterocycles. The van der Waals surface area contributed by atoms with E-state index >= 15 is 0 Å². The summed E-state index contributed by atoms with van der Waals surface area (Å²) in [5, 5.41) is 0. The third kappa shape index (κ3) is 4.21. The van der Waals surface area contributed by atoms with E-state index in [9.17, 15) is 4.79 Å². The van der Waals surface area contributed by atoms with E-state index in [1.165, 1.54) is 5.56 Å². The van der Waals surface area contributed by atoms with Crippen LogP contribution in [0.3, 0.4) is 0 Å². The van der Waals surface area contributed by atoms with Gasteiger partial charge >= 0.3 is 0 Å². The lowest BCUT2D eigenvalue weighted by molar-refractivity contribution is -0.128. The summed E-state index contributed by atoms with van der Waals surface area (Å²) in [5.74, 6) is 1.63. The highest BCUT2D eigenvalue weighted by Crippen LogP contribution is 2.21. The first kappa shape index (κ1) is 15.3. The van der Waals surface area contributed by atoms with Crippen molar-refractivity contribution in [1.82, 2.24) is 9.88 Å². The van der Waals surface area contributed by atoms with E-state index in [0.717, 1.165) is 24.4 Å². The molecule has 1 fully saturated rings. The summed E-state index contributed by atoms with van der Waals surface area (Å²) in [6, 6.07) is 4.23. The Morgan fingerprint density at radius 2 is 2.35 bits per heavy atom. The lowest BCUT2D eigenvalue weighted by Crippen LogP contribution is -2.28. The van der Waals surface area contributed by atoms with Crippen molar-refractivity contribution in [2.45, 2.75) is 18.6 Å². The maximum Gasteiger partial charge on any atom is 0.223 e. The van der Waals surface area contributed by atoms with Gasteiger partial charge in [0.05, 0.1) is 6.61 Å². The number of nitrogens with zero attached hydrogens (tertiary/aromatic N) is 2. The van der Waals surface area contributed by atoms with Crippen molar-refractivity contribution in [3.05, 3.63) is 29.6 Å². The highest BCUT2D eigenvalue weighted by molar-refractivity contribution is 7.97. The molecule has 0 spiro atoms. The lowest BCUT2D eigenvalue weighted by atomic mass is 10.0. The van der Waals surface area contributed by atoms with Crippen LogP contribution in [0.2, 0.25) is 0 Å². The second kappa shape index (κ2) is 7.64. The molecule has 0 N–H and O–H groups in total. The molecular weight excluding hydrogens is 272 g/mol. The number of pyridine rings is 1. The minimum atomic E-state index is 0.242. The number of rotatable bonds is 7. The molecule has 1 aliphatic rings. The minimum Gasteiger partial charge on any atom is -0.383 e. The maximum atomic E-state index is 11.9. The van der Waals surface area contributed by atoms with Crippen LogP contribution in [0.1, 0.15) is 17.7 Å². The number of amides is 1. The van der Waals surface area contributed by atoms with Gasteiger partial charge in [0.25, 0.3) is 0 Å². The molecule has 20 heavy (non-hydrogen) atoms. The molecule has 1 aromatic rings. The van der Waals surface area contributed by atoms with Crippen LogP contribution in [0.15, 0.2) is 18.3 Å². The normalized spacial score (nSPS) is 18.8. The number of carbonyl (C=O) groups is 1. The Balaban J connectivity index is 1.86. The second-order valence-electron chi connectivity index (χ2n) is 5.20. The van der Waals surface area contributed by atoms with E-state index in [0.29, 0.717) is 25.5 Å². The van der Waals surface area contributed by atoms with Crippen LogP contribution < -0.4 is 0 Å². The number of methoxy groups -OCH3 is 1. The van der Waals surface area contributed by atoms with E-state index in [4.69, 9.17) is 4.74 Å². The molecule has 1 amide bonds. The summed E-state index contributed by atoms with van der Waals surface area (Å²) in [7, 11) is 1.66. The number of aromatic nitrogens is 1. The number of ether oxygens (including phenoxy) is 1. The van der Waals surface area contributed by atoms with Gasteiger partial charge in [0.1, 0.15) is 0 Å². The van der Waals surface area contributed by atoms with Gasteiger partial charge < -0.3 is 9.64 Å². The monoisotopic (exact) mass is 294 g/mol. The van der Waals surface area contributed by atoms with Crippen LogP contribution in [-0.4, -0.2) is 48.9 Å². The average molecular weight is 294 g/mol. The predicted octanol–water partition coefficient (Wildman–Crippen LogP) is 1.98. The average Bonchev–Trinajstić information content (AvgIpc) is 2.79. The predicted molar refractivity (Wildman–Crippen MR) is 81.7 cm³/mol. The van der Waals surface area contributed by atoms with Crippen molar-refractivity contribution in [3.8, 4) is 0 Å². The van der Waals surface area contributed by atoms with Gasteiger partial charge in [-0.05, 0) is 30.2 Å². The standard InChI is InChI=1S/C15H22N2O2S/c1-19-6-5-17-10-13(8-15(17)18)7-14-4-3-12(9-16-14)11-20-2/h3-4,9,13H,5-8,10-11H2,1-2H3. The van der Waals surface area contributed by atoms with Gasteiger partial charge in [-0.25, -0.2) is 0 Å². The Morgan fingerprint density at radius 3 is 3.00 bits per heavy atom. The third-order valence-electron chi connectivity index (χ3n) is 3.55. The largest absolute Gasteiger partial charge is 0.383 e. The second-order valence-corrected chi connectivity index (χ2v) is 6.06. The van der Waals surface area contributed by atoms with Crippen molar-refractivity contribution in [3.63, 3.8) is 0 Å². The molecule has 1 aromatic heterocycles. The van der Waals surface area contributed by atoms with Crippen molar-refractivity contribution in [2.75, 3.05) is 33.1 Å². The molecule has 110 valence electrons. The molecular formula is C15H22N2O2S. The van der Waals surface area contributed by atoms with E-state index < -0.39 is 0 Å². The molecule has 1 aliphatic heterocycles. The molecule has 2 heterocycles. The van der Waals surface area contributed by atoms with Crippen molar-refractivity contribution < 1.29 is 9.53 Å². The number of carbonyl (C=O) groups excluding carboxylic acids is 1. The Morgan fingerprint density at radius 1 is 1.50 bits per heavy atom. The first-order valence-electron chi connectivity index (χ1n) is 6.92. The summed E-state index contributed by atoms with van der Waals surface area (Å²) in [4.78, 5) is 18.3. The molecule has 1 atom stereocenters. The topological polar surface area (TPSA) is 42.4 Å². The summed E-state index contributed by atoms with van der Waals surface area (Å²) < 4.78 is 5.03. The molecule has 0 aromatic carbocycles. The Labute approximate surface area is 124 Å². The molecule has 0 saturated carbocycles. The molecule has 0 radical (unpaired) electrons. The first-order chi connectivity index (χ1) is 9.72. The summed E-state index contributed by atoms with van der Waals surface area (Å²) in [6.45, 7) is 2.14. The summed E-state index contributed by atoms with van der Waals surface area (Å²) in [5.41, 5.74) is 2.34. The van der Waals surface area contributed by atoms with E-state index in [1.807, 2.05) is 11.1 Å². The molecule has 5 heteroatoms. The number of hydrogen-bond acceptors (Lipinski definition) is 4. The Bertz CT molecular complexity index is 436. The lowest BCUT2D eigenvalue weighted by Gasteiger charge is -2.15. The molecule has 2 rings (SSSR count). The van der Waals surface area contributed by atoms with E-state index in [-0.39, 0.29) is 5.91 Å². The van der Waals surface area contributed by atoms with Gasteiger partial charge in [0.15, 0.2) is 0 Å². The van der Waals surface area contributed by atoms with Gasteiger partial charge in [-0.2, -0.15) is 11.8 Å². The van der Waals surface area contributed by atoms with Gasteiger partial charge in [0.2, 0.25) is 5.91 Å². The van der Waals surface area contributed by atoms with Gasteiger partial charge in [-0.15, -0.1) is 0 Å².